The molecule has 1 aromatic heterocycles. The highest BCUT2D eigenvalue weighted by molar-refractivity contribution is 7.10. The molecule has 0 saturated carbocycles. The molecule has 3 heteroatoms. The van der Waals surface area contributed by atoms with Gasteiger partial charge in [-0.25, -0.2) is 0 Å². The Morgan fingerprint density at radius 2 is 2.17 bits per heavy atom. The van der Waals surface area contributed by atoms with Crippen LogP contribution in [0.15, 0.2) is 35.7 Å². The summed E-state index contributed by atoms with van der Waals surface area (Å²) < 4.78 is 5.34. The molecule has 1 atom stereocenters. The van der Waals surface area contributed by atoms with E-state index in [-0.39, 0.29) is 6.04 Å². The smallest absolute Gasteiger partial charge is 0.134 e. The van der Waals surface area contributed by atoms with Crippen molar-refractivity contribution in [2.24, 2.45) is 5.73 Å². The monoisotopic (exact) mass is 261 g/mol. The van der Waals surface area contributed by atoms with Crippen LogP contribution in [0.2, 0.25) is 0 Å². The van der Waals surface area contributed by atoms with Gasteiger partial charge in [-0.1, -0.05) is 37.6 Å². The summed E-state index contributed by atoms with van der Waals surface area (Å²) in [6, 6.07) is 10.4. The number of rotatable bonds is 5. The van der Waals surface area contributed by atoms with Crippen molar-refractivity contribution in [2.45, 2.75) is 25.8 Å². The van der Waals surface area contributed by atoms with E-state index in [9.17, 15) is 0 Å². The lowest BCUT2D eigenvalue weighted by Gasteiger charge is -2.13. The van der Waals surface area contributed by atoms with Gasteiger partial charge in [-0.15, -0.1) is 11.3 Å². The van der Waals surface area contributed by atoms with E-state index in [2.05, 4.69) is 31.2 Å². The Morgan fingerprint density at radius 1 is 1.33 bits per heavy atom. The average molecular weight is 261 g/mol. The van der Waals surface area contributed by atoms with Crippen molar-refractivity contribution in [1.29, 1.82) is 0 Å². The molecule has 2 nitrogen and oxygen atoms in total. The highest BCUT2D eigenvalue weighted by Crippen LogP contribution is 2.33. The number of thiophene rings is 1. The molecule has 0 saturated heterocycles. The van der Waals surface area contributed by atoms with Crippen molar-refractivity contribution in [1.82, 2.24) is 0 Å². The first-order chi connectivity index (χ1) is 8.76. The maximum Gasteiger partial charge on any atom is 0.134 e. The van der Waals surface area contributed by atoms with E-state index in [0.717, 1.165) is 29.0 Å². The molecule has 96 valence electrons. The average Bonchev–Trinajstić information content (AvgIpc) is 2.87. The fraction of sp³-hybridized carbons (Fsp3) is 0.333. The summed E-state index contributed by atoms with van der Waals surface area (Å²) in [7, 11) is 1.69. The van der Waals surface area contributed by atoms with E-state index in [4.69, 9.17) is 10.5 Å². The van der Waals surface area contributed by atoms with E-state index in [1.165, 1.54) is 5.56 Å². The zero-order valence-electron chi connectivity index (χ0n) is 10.8. The van der Waals surface area contributed by atoms with Gasteiger partial charge in [-0.2, -0.15) is 0 Å². The first kappa shape index (κ1) is 13.1. The lowest BCUT2D eigenvalue weighted by molar-refractivity contribution is 0.411. The quantitative estimate of drug-likeness (QED) is 0.889. The zero-order chi connectivity index (χ0) is 13.0. The van der Waals surface area contributed by atoms with Gasteiger partial charge in [0.05, 0.1) is 18.0 Å². The SMILES string of the molecule is CCCc1cccc(C(N)c2sccc2OC)c1. The van der Waals surface area contributed by atoms with Crippen LogP contribution in [0.5, 0.6) is 5.75 Å². The molecule has 0 aliphatic heterocycles. The van der Waals surface area contributed by atoms with Crippen LogP contribution in [-0.4, -0.2) is 7.11 Å². The fourth-order valence-corrected chi connectivity index (χ4v) is 2.98. The Hall–Kier alpha value is -1.32. The first-order valence-electron chi connectivity index (χ1n) is 6.22. The Labute approximate surface area is 112 Å². The summed E-state index contributed by atoms with van der Waals surface area (Å²) in [4.78, 5) is 1.09. The third-order valence-electron chi connectivity index (χ3n) is 3.01. The number of methoxy groups -OCH3 is 1. The van der Waals surface area contributed by atoms with Gasteiger partial charge in [0.2, 0.25) is 0 Å². The normalized spacial score (nSPS) is 12.4. The predicted octanol–water partition coefficient (Wildman–Crippen LogP) is 3.76. The second-order valence-electron chi connectivity index (χ2n) is 4.33. The summed E-state index contributed by atoms with van der Waals surface area (Å²) in [6.07, 6.45) is 2.25. The third kappa shape index (κ3) is 2.74. The minimum absolute atomic E-state index is 0.100. The minimum Gasteiger partial charge on any atom is -0.496 e. The highest BCUT2D eigenvalue weighted by atomic mass is 32.1. The molecule has 1 aromatic carbocycles. The molecule has 0 amide bonds. The fourth-order valence-electron chi connectivity index (χ4n) is 2.09. The van der Waals surface area contributed by atoms with Gasteiger partial charge in [0.25, 0.3) is 0 Å². The van der Waals surface area contributed by atoms with Crippen LogP contribution >= 0.6 is 11.3 Å². The Bertz CT molecular complexity index is 507. The van der Waals surface area contributed by atoms with E-state index in [0.29, 0.717) is 0 Å². The van der Waals surface area contributed by atoms with Crippen molar-refractivity contribution in [3.63, 3.8) is 0 Å². The summed E-state index contributed by atoms with van der Waals surface area (Å²) >= 11 is 1.65. The minimum atomic E-state index is -0.100. The molecular weight excluding hydrogens is 242 g/mol. The van der Waals surface area contributed by atoms with Crippen LogP contribution in [0, 0.1) is 0 Å². The Morgan fingerprint density at radius 3 is 2.89 bits per heavy atom. The zero-order valence-corrected chi connectivity index (χ0v) is 11.7. The van der Waals surface area contributed by atoms with E-state index in [1.807, 2.05) is 11.4 Å². The lowest BCUT2D eigenvalue weighted by Crippen LogP contribution is -2.11. The van der Waals surface area contributed by atoms with Crippen molar-refractivity contribution in [3.8, 4) is 5.75 Å². The topological polar surface area (TPSA) is 35.2 Å². The molecule has 0 spiro atoms. The molecule has 1 heterocycles. The van der Waals surface area contributed by atoms with E-state index in [1.54, 1.807) is 18.4 Å². The molecule has 2 N–H and O–H groups in total. The maximum absolute atomic E-state index is 6.33. The number of hydrogen-bond donors (Lipinski definition) is 1. The van der Waals surface area contributed by atoms with E-state index >= 15 is 0 Å². The second kappa shape index (κ2) is 6.03. The number of ether oxygens (including phenoxy) is 1. The molecule has 0 fully saturated rings. The van der Waals surface area contributed by atoms with E-state index < -0.39 is 0 Å². The predicted molar refractivity (Wildman–Crippen MR) is 77.3 cm³/mol. The van der Waals surface area contributed by atoms with Crippen LogP contribution in [0.25, 0.3) is 0 Å². The summed E-state index contributed by atoms with van der Waals surface area (Å²) in [5, 5.41) is 2.02. The molecule has 18 heavy (non-hydrogen) atoms. The third-order valence-corrected chi connectivity index (χ3v) is 3.99. The van der Waals surface area contributed by atoms with Gasteiger partial charge < -0.3 is 10.5 Å². The van der Waals surface area contributed by atoms with Crippen LogP contribution in [0.3, 0.4) is 0 Å². The highest BCUT2D eigenvalue weighted by Gasteiger charge is 2.15. The molecule has 2 rings (SSSR count). The van der Waals surface area contributed by atoms with Crippen LogP contribution < -0.4 is 10.5 Å². The lowest BCUT2D eigenvalue weighted by atomic mass is 10.0. The Kier molecular flexibility index (Phi) is 4.39. The molecule has 1 unspecified atom stereocenters. The molecule has 0 aliphatic carbocycles. The molecule has 0 bridgehead atoms. The molecule has 2 aromatic rings. The second-order valence-corrected chi connectivity index (χ2v) is 5.27. The maximum atomic E-state index is 6.33. The van der Waals surface area contributed by atoms with Crippen LogP contribution in [-0.2, 0) is 6.42 Å². The summed E-state index contributed by atoms with van der Waals surface area (Å²) in [5.41, 5.74) is 8.84. The number of benzene rings is 1. The molecule has 0 radical (unpaired) electrons. The number of aryl methyl sites for hydroxylation is 1. The van der Waals surface area contributed by atoms with Gasteiger partial charge in [-0.05, 0) is 29.0 Å². The summed E-state index contributed by atoms with van der Waals surface area (Å²) in [6.45, 7) is 2.19. The first-order valence-corrected chi connectivity index (χ1v) is 7.10. The van der Waals surface area contributed by atoms with Crippen LogP contribution in [0.4, 0.5) is 0 Å². The molecular formula is C15H19NOS. The van der Waals surface area contributed by atoms with Crippen molar-refractivity contribution < 1.29 is 4.74 Å². The largest absolute Gasteiger partial charge is 0.496 e. The van der Waals surface area contributed by atoms with Gasteiger partial charge in [0.15, 0.2) is 0 Å². The van der Waals surface area contributed by atoms with Gasteiger partial charge in [0, 0.05) is 0 Å². The van der Waals surface area contributed by atoms with Gasteiger partial charge in [-0.3, -0.25) is 0 Å². The van der Waals surface area contributed by atoms with Crippen molar-refractivity contribution >= 4 is 11.3 Å². The van der Waals surface area contributed by atoms with Gasteiger partial charge in [0.1, 0.15) is 5.75 Å². The van der Waals surface area contributed by atoms with Crippen molar-refractivity contribution in [3.05, 3.63) is 51.7 Å². The Balaban J connectivity index is 2.28. The van der Waals surface area contributed by atoms with Crippen molar-refractivity contribution in [2.75, 3.05) is 7.11 Å². The number of hydrogen-bond acceptors (Lipinski definition) is 3. The van der Waals surface area contributed by atoms with Crippen LogP contribution in [0.1, 0.15) is 35.4 Å². The summed E-state index contributed by atoms with van der Waals surface area (Å²) in [5.74, 6) is 0.883. The van der Waals surface area contributed by atoms with Gasteiger partial charge >= 0.3 is 0 Å². The standard InChI is InChI=1S/C15H19NOS/c1-3-5-11-6-4-7-12(10-11)14(16)15-13(17-2)8-9-18-15/h4,6-10,14H,3,5,16H2,1-2H3. The molecule has 0 aliphatic rings. The number of nitrogens with two attached hydrogens (primary N) is 1.